The van der Waals surface area contributed by atoms with Gasteiger partial charge in [-0.25, -0.2) is 0 Å². The number of rotatable bonds is 12. The maximum absolute atomic E-state index is 12.4. The highest BCUT2D eigenvalue weighted by atomic mass is 35.5. The van der Waals surface area contributed by atoms with E-state index >= 15 is 0 Å². The van der Waals surface area contributed by atoms with Gasteiger partial charge in [-0.2, -0.15) is 0 Å². The zero-order chi connectivity index (χ0) is 23.8. The van der Waals surface area contributed by atoms with Gasteiger partial charge in [0.25, 0.3) is 0 Å². The first kappa shape index (κ1) is 26.1. The lowest BCUT2D eigenvalue weighted by Crippen LogP contribution is -2.42. The van der Waals surface area contributed by atoms with E-state index < -0.39 is 12.2 Å². The number of unbranched alkanes of at least 4 members (excludes halogenated alkanes) is 1. The van der Waals surface area contributed by atoms with Crippen LogP contribution in [0.3, 0.4) is 0 Å². The fraction of sp³-hybridized carbons (Fsp3) is 0.615. The summed E-state index contributed by atoms with van der Waals surface area (Å²) in [6.45, 7) is 0. The van der Waals surface area contributed by atoms with Crippen molar-refractivity contribution in [3.63, 3.8) is 0 Å². The molecule has 33 heavy (non-hydrogen) atoms. The topological polar surface area (TPSA) is 83.8 Å². The molecule has 5 nitrogen and oxygen atoms in total. The number of hydrogen-bond acceptors (Lipinski definition) is 6. The molecule has 4 atom stereocenters. The van der Waals surface area contributed by atoms with Crippen LogP contribution in [-0.4, -0.2) is 41.3 Å². The number of allylic oxidation sites excluding steroid dienone is 2. The van der Waals surface area contributed by atoms with Crippen LogP contribution >= 0.6 is 22.9 Å². The van der Waals surface area contributed by atoms with Crippen LogP contribution in [0.1, 0.15) is 62.7 Å². The molecule has 1 heterocycles. The summed E-state index contributed by atoms with van der Waals surface area (Å²) in [4.78, 5) is 24.8. The normalized spacial score (nSPS) is 25.6. The molecule has 2 aliphatic rings. The van der Waals surface area contributed by atoms with Crippen molar-refractivity contribution < 1.29 is 24.5 Å². The molecule has 0 bridgehead atoms. The van der Waals surface area contributed by atoms with Gasteiger partial charge in [0.15, 0.2) is 0 Å². The quantitative estimate of drug-likeness (QED) is 0.235. The second kappa shape index (κ2) is 12.3. The lowest BCUT2D eigenvalue weighted by molar-refractivity contribution is -0.140. The van der Waals surface area contributed by atoms with Crippen LogP contribution in [0.15, 0.2) is 36.4 Å². The Hall–Kier alpha value is -1.47. The van der Waals surface area contributed by atoms with E-state index in [0.29, 0.717) is 25.7 Å². The average Bonchev–Trinajstić information content (AvgIpc) is 3.28. The van der Waals surface area contributed by atoms with Crippen molar-refractivity contribution in [1.82, 2.24) is 0 Å². The first-order valence-corrected chi connectivity index (χ1v) is 13.1. The summed E-state index contributed by atoms with van der Waals surface area (Å²) in [5.74, 6) is -0.594. The number of methoxy groups -OCH3 is 1. The molecule has 2 fully saturated rings. The van der Waals surface area contributed by atoms with Gasteiger partial charge in [-0.3, -0.25) is 9.59 Å². The Morgan fingerprint density at radius 3 is 2.76 bits per heavy atom. The molecule has 0 radical (unpaired) electrons. The average molecular weight is 495 g/mol. The van der Waals surface area contributed by atoms with Crippen LogP contribution in [0, 0.1) is 17.3 Å². The molecule has 2 saturated carbocycles. The van der Waals surface area contributed by atoms with Crippen molar-refractivity contribution in [2.45, 2.75) is 76.4 Å². The predicted molar refractivity (Wildman–Crippen MR) is 131 cm³/mol. The Labute approximate surface area is 205 Å². The van der Waals surface area contributed by atoms with Crippen molar-refractivity contribution in [3.8, 4) is 0 Å². The van der Waals surface area contributed by atoms with E-state index in [2.05, 4.69) is 4.74 Å². The minimum absolute atomic E-state index is 0.0851. The monoisotopic (exact) mass is 494 g/mol. The first-order valence-electron chi connectivity index (χ1n) is 11.9. The minimum atomic E-state index is -0.672. The largest absolute Gasteiger partial charge is 0.469 e. The second-order valence-corrected chi connectivity index (χ2v) is 11.2. The summed E-state index contributed by atoms with van der Waals surface area (Å²) in [6, 6.07) is 3.95. The first-order chi connectivity index (χ1) is 15.8. The molecule has 2 N–H and O–H groups in total. The molecular weight excluding hydrogens is 460 g/mol. The number of hydrogen-bond donors (Lipinski definition) is 2. The Morgan fingerprint density at radius 1 is 1.33 bits per heavy atom. The van der Waals surface area contributed by atoms with Gasteiger partial charge in [0.2, 0.25) is 0 Å². The maximum Gasteiger partial charge on any atom is 0.305 e. The standard InChI is InChI=1S/C26H35ClO5S/c1-32-25(31)11-5-3-2-4-8-19-20(22(29)16-21(19)28)9-6-10-23(30)26(14-7-15-26)17-18-12-13-24(27)33-18/h2,4,6,9,12-13,19-20,22-23,29-30H,3,5,7-8,10-11,14-17H2,1H3/t19-,20-,22-,23?/m1/s1. The fourth-order valence-corrected chi connectivity index (χ4v) is 6.26. The highest BCUT2D eigenvalue weighted by molar-refractivity contribution is 7.16. The molecule has 0 aliphatic heterocycles. The van der Waals surface area contributed by atoms with Gasteiger partial charge in [-0.05, 0) is 57.1 Å². The molecule has 0 saturated heterocycles. The van der Waals surface area contributed by atoms with Gasteiger partial charge in [0.05, 0.1) is 23.7 Å². The van der Waals surface area contributed by atoms with Crippen LogP contribution in [0.5, 0.6) is 0 Å². The second-order valence-electron chi connectivity index (χ2n) is 9.38. The van der Waals surface area contributed by atoms with Gasteiger partial charge < -0.3 is 14.9 Å². The number of ketones is 1. The highest BCUT2D eigenvalue weighted by Gasteiger charge is 2.43. The van der Waals surface area contributed by atoms with E-state index in [9.17, 15) is 19.8 Å². The third kappa shape index (κ3) is 7.01. The Morgan fingerprint density at radius 2 is 2.12 bits per heavy atom. The summed E-state index contributed by atoms with van der Waals surface area (Å²) in [5, 5.41) is 21.4. The number of aliphatic hydroxyl groups excluding tert-OH is 2. The zero-order valence-electron chi connectivity index (χ0n) is 19.2. The molecule has 1 aromatic rings. The van der Waals surface area contributed by atoms with E-state index in [1.165, 1.54) is 12.0 Å². The Bertz CT molecular complexity index is 857. The van der Waals surface area contributed by atoms with E-state index in [1.54, 1.807) is 11.3 Å². The predicted octanol–water partition coefficient (Wildman–Crippen LogP) is 5.28. The number of aliphatic hydroxyl groups is 2. The van der Waals surface area contributed by atoms with Gasteiger partial charge in [-0.15, -0.1) is 11.3 Å². The number of esters is 1. The molecule has 0 aromatic carbocycles. The summed E-state index contributed by atoms with van der Waals surface area (Å²) in [7, 11) is 1.38. The summed E-state index contributed by atoms with van der Waals surface area (Å²) < 4.78 is 5.40. The summed E-state index contributed by atoms with van der Waals surface area (Å²) in [5.41, 5.74) is -0.102. The maximum atomic E-state index is 12.4. The van der Waals surface area contributed by atoms with Crippen LogP contribution in [-0.2, 0) is 20.7 Å². The number of thiophene rings is 1. The summed E-state index contributed by atoms with van der Waals surface area (Å²) >= 11 is 7.65. The Balaban J connectivity index is 1.51. The smallest absolute Gasteiger partial charge is 0.305 e. The zero-order valence-corrected chi connectivity index (χ0v) is 20.8. The molecule has 182 valence electrons. The van der Waals surface area contributed by atoms with Crippen LogP contribution < -0.4 is 0 Å². The van der Waals surface area contributed by atoms with Gasteiger partial charge in [0.1, 0.15) is 5.78 Å². The van der Waals surface area contributed by atoms with Crippen LogP contribution in [0.4, 0.5) is 0 Å². The van der Waals surface area contributed by atoms with Crippen LogP contribution in [0.25, 0.3) is 0 Å². The Kier molecular flexibility index (Phi) is 9.74. The number of carbonyl (C=O) groups excluding carboxylic acids is 2. The lowest BCUT2D eigenvalue weighted by atomic mass is 9.62. The molecule has 1 unspecified atom stereocenters. The number of carbonyl (C=O) groups is 2. The van der Waals surface area contributed by atoms with Crippen molar-refractivity contribution in [2.75, 3.05) is 7.11 Å². The number of Topliss-reactive ketones (excluding diaryl/α,β-unsaturated/α-hetero) is 1. The van der Waals surface area contributed by atoms with Gasteiger partial charge in [0, 0.05) is 35.0 Å². The van der Waals surface area contributed by atoms with E-state index in [0.717, 1.165) is 36.4 Å². The third-order valence-electron chi connectivity index (χ3n) is 7.20. The minimum Gasteiger partial charge on any atom is -0.469 e. The van der Waals surface area contributed by atoms with Gasteiger partial charge >= 0.3 is 5.97 Å². The fourth-order valence-electron chi connectivity index (χ4n) is 5.02. The van der Waals surface area contributed by atoms with Crippen molar-refractivity contribution in [1.29, 1.82) is 0 Å². The van der Waals surface area contributed by atoms with E-state index in [-0.39, 0.29) is 35.4 Å². The molecule has 0 amide bonds. The SMILES string of the molecule is COC(=O)CCCC=CC[C@H]1C(=O)C[C@@H](O)[C@@H]1C=CCC(O)C1(Cc2ccc(Cl)s2)CCC1. The molecule has 2 aliphatic carbocycles. The van der Waals surface area contributed by atoms with Crippen molar-refractivity contribution >= 4 is 34.7 Å². The molecule has 1 aromatic heterocycles. The highest BCUT2D eigenvalue weighted by Crippen LogP contribution is 2.48. The molecule has 7 heteroatoms. The molecule has 3 rings (SSSR count). The van der Waals surface area contributed by atoms with E-state index in [1.807, 2.05) is 36.4 Å². The van der Waals surface area contributed by atoms with Crippen LogP contribution in [0.2, 0.25) is 4.34 Å². The van der Waals surface area contributed by atoms with E-state index in [4.69, 9.17) is 11.6 Å². The van der Waals surface area contributed by atoms with Crippen molar-refractivity contribution in [3.05, 3.63) is 45.7 Å². The third-order valence-corrected chi connectivity index (χ3v) is 8.43. The molecular formula is C26H35ClO5S. The summed E-state index contributed by atoms with van der Waals surface area (Å²) in [6.07, 6.45) is 13.8. The number of halogens is 1. The number of ether oxygens (including phenoxy) is 1. The van der Waals surface area contributed by atoms with Gasteiger partial charge in [-0.1, -0.05) is 42.3 Å². The van der Waals surface area contributed by atoms with Crippen molar-refractivity contribution in [2.24, 2.45) is 17.3 Å². The lowest BCUT2D eigenvalue weighted by Gasteiger charge is -2.45. The molecule has 0 spiro atoms.